The molecule has 2 rings (SSSR count). The van der Waals surface area contributed by atoms with Gasteiger partial charge in [-0.2, -0.15) is 12.8 Å². The molecule has 7 heteroatoms. The quantitative estimate of drug-likeness (QED) is 0.427. The molecule has 0 saturated heterocycles. The Morgan fingerprint density at radius 1 is 1.47 bits per heavy atom. The average molecular weight is 230 g/mol. The predicted octanol–water partition coefficient (Wildman–Crippen LogP) is 0.104. The minimum absolute atomic E-state index is 0.146. The van der Waals surface area contributed by atoms with Crippen LogP contribution in [0, 0.1) is 0 Å². The minimum Gasteiger partial charge on any atom is -0.491 e. The van der Waals surface area contributed by atoms with Crippen LogP contribution in [0.15, 0.2) is 18.2 Å². The molecule has 0 saturated carbocycles. The maximum Gasteiger partial charge on any atom is 0.373 e. The van der Waals surface area contributed by atoms with Gasteiger partial charge in [0, 0.05) is 6.42 Å². The SMILES string of the molecule is NN(c1cccc2c1OCC2)S(=O)(=O)O. The maximum absolute atomic E-state index is 10.8. The molecule has 1 aliphatic heterocycles. The van der Waals surface area contributed by atoms with Crippen molar-refractivity contribution in [3.8, 4) is 5.75 Å². The van der Waals surface area contributed by atoms with Gasteiger partial charge in [-0.15, -0.1) is 0 Å². The average Bonchev–Trinajstić information content (AvgIpc) is 2.62. The summed E-state index contributed by atoms with van der Waals surface area (Å²) in [5, 5.41) is 0. The molecule has 0 bridgehead atoms. The first-order valence-electron chi connectivity index (χ1n) is 4.27. The van der Waals surface area contributed by atoms with Crippen molar-refractivity contribution >= 4 is 16.0 Å². The fraction of sp³-hybridized carbons (Fsp3) is 0.250. The van der Waals surface area contributed by atoms with Gasteiger partial charge in [-0.05, 0) is 11.6 Å². The highest BCUT2D eigenvalue weighted by molar-refractivity contribution is 7.87. The zero-order valence-electron chi connectivity index (χ0n) is 7.75. The number of fused-ring (bicyclic) bond motifs is 1. The Hall–Kier alpha value is -1.31. The van der Waals surface area contributed by atoms with Crippen molar-refractivity contribution in [3.63, 3.8) is 0 Å². The lowest BCUT2D eigenvalue weighted by Crippen LogP contribution is -2.37. The van der Waals surface area contributed by atoms with E-state index in [1.165, 1.54) is 6.07 Å². The largest absolute Gasteiger partial charge is 0.491 e. The summed E-state index contributed by atoms with van der Waals surface area (Å²) in [5.41, 5.74) is 1.03. The molecule has 0 fully saturated rings. The van der Waals surface area contributed by atoms with E-state index in [1.54, 1.807) is 6.07 Å². The Morgan fingerprint density at radius 3 is 2.87 bits per heavy atom. The standard InChI is InChI=1S/C8H10N2O4S/c9-10(15(11,12)13)7-3-1-2-6-4-5-14-8(6)7/h1-3H,4-5,9H2,(H,11,12,13). The zero-order valence-corrected chi connectivity index (χ0v) is 8.57. The molecule has 0 spiro atoms. The predicted molar refractivity (Wildman–Crippen MR) is 53.9 cm³/mol. The third-order valence-electron chi connectivity index (χ3n) is 2.18. The lowest BCUT2D eigenvalue weighted by molar-refractivity contribution is 0.357. The van der Waals surface area contributed by atoms with Gasteiger partial charge in [0.2, 0.25) is 0 Å². The van der Waals surface area contributed by atoms with Gasteiger partial charge in [0.05, 0.1) is 6.61 Å². The van der Waals surface area contributed by atoms with Crippen LogP contribution in [0.2, 0.25) is 0 Å². The molecule has 0 radical (unpaired) electrons. The third kappa shape index (κ3) is 1.76. The number of nitrogens with zero attached hydrogens (tertiary/aromatic N) is 1. The number of rotatable bonds is 2. The van der Waals surface area contributed by atoms with E-state index >= 15 is 0 Å². The van der Waals surface area contributed by atoms with Crippen molar-refractivity contribution < 1.29 is 17.7 Å². The van der Waals surface area contributed by atoms with Crippen LogP contribution in [0.1, 0.15) is 5.56 Å². The molecule has 0 unspecified atom stereocenters. The van der Waals surface area contributed by atoms with Crippen molar-refractivity contribution in [2.75, 3.05) is 11.0 Å². The molecule has 3 N–H and O–H groups in total. The van der Waals surface area contributed by atoms with Gasteiger partial charge in [-0.1, -0.05) is 12.1 Å². The number of para-hydroxylation sites is 1. The summed E-state index contributed by atoms with van der Waals surface area (Å²) < 4.78 is 36.0. The molecule has 1 aliphatic rings. The van der Waals surface area contributed by atoms with E-state index < -0.39 is 10.3 Å². The van der Waals surface area contributed by atoms with Crippen LogP contribution in [0.25, 0.3) is 0 Å². The van der Waals surface area contributed by atoms with Gasteiger partial charge in [-0.3, -0.25) is 4.55 Å². The van der Waals surface area contributed by atoms with Crippen molar-refractivity contribution in [2.24, 2.45) is 5.84 Å². The fourth-order valence-electron chi connectivity index (χ4n) is 1.50. The van der Waals surface area contributed by atoms with Crippen LogP contribution in [0.4, 0.5) is 5.69 Å². The molecule has 0 aromatic heterocycles. The molecule has 1 heterocycles. The molecule has 15 heavy (non-hydrogen) atoms. The van der Waals surface area contributed by atoms with Crippen molar-refractivity contribution in [3.05, 3.63) is 23.8 Å². The van der Waals surface area contributed by atoms with E-state index in [4.69, 9.17) is 15.1 Å². The van der Waals surface area contributed by atoms with Crippen LogP contribution in [-0.4, -0.2) is 19.6 Å². The Morgan fingerprint density at radius 2 is 2.20 bits per heavy atom. The summed E-state index contributed by atoms with van der Waals surface area (Å²) in [6.07, 6.45) is 0.711. The molecule has 1 aromatic carbocycles. The summed E-state index contributed by atoms with van der Waals surface area (Å²) >= 11 is 0. The van der Waals surface area contributed by atoms with Gasteiger partial charge in [-0.25, -0.2) is 5.84 Å². The van der Waals surface area contributed by atoms with Crippen molar-refractivity contribution in [2.45, 2.75) is 6.42 Å². The van der Waals surface area contributed by atoms with E-state index in [0.717, 1.165) is 5.56 Å². The van der Waals surface area contributed by atoms with Gasteiger partial charge >= 0.3 is 10.3 Å². The molecule has 0 amide bonds. The van der Waals surface area contributed by atoms with Crippen LogP contribution in [-0.2, 0) is 16.7 Å². The summed E-state index contributed by atoms with van der Waals surface area (Å²) in [7, 11) is -4.45. The second kappa shape index (κ2) is 3.37. The highest BCUT2D eigenvalue weighted by atomic mass is 32.2. The molecule has 0 aliphatic carbocycles. The number of nitrogens with two attached hydrogens (primary N) is 1. The first-order valence-corrected chi connectivity index (χ1v) is 5.67. The zero-order chi connectivity index (χ0) is 11.1. The number of anilines is 1. The molecule has 82 valence electrons. The van der Waals surface area contributed by atoms with Gasteiger partial charge in [0.1, 0.15) is 11.4 Å². The highest BCUT2D eigenvalue weighted by Gasteiger charge is 2.24. The van der Waals surface area contributed by atoms with Crippen LogP contribution in [0.3, 0.4) is 0 Å². The number of hydrogen-bond donors (Lipinski definition) is 2. The van der Waals surface area contributed by atoms with E-state index in [1.807, 2.05) is 6.07 Å². The van der Waals surface area contributed by atoms with Gasteiger partial charge in [0.15, 0.2) is 0 Å². The number of ether oxygens (including phenoxy) is 1. The highest BCUT2D eigenvalue weighted by Crippen LogP contribution is 2.35. The summed E-state index contributed by atoms with van der Waals surface area (Å²) in [5.74, 6) is 5.67. The Bertz CT molecular complexity index is 485. The maximum atomic E-state index is 10.8. The van der Waals surface area contributed by atoms with E-state index in [2.05, 4.69) is 0 Å². The number of hydrogen-bond acceptors (Lipinski definition) is 4. The Balaban J connectivity index is 2.50. The molecule has 0 atom stereocenters. The topological polar surface area (TPSA) is 92.9 Å². The number of hydrazine groups is 1. The normalized spacial score (nSPS) is 14.5. The smallest absolute Gasteiger partial charge is 0.373 e. The molecule has 1 aromatic rings. The van der Waals surface area contributed by atoms with Crippen molar-refractivity contribution in [1.29, 1.82) is 0 Å². The molecule has 6 nitrogen and oxygen atoms in total. The minimum atomic E-state index is -4.45. The Kier molecular flexibility index (Phi) is 2.29. The second-order valence-corrected chi connectivity index (χ2v) is 4.43. The summed E-state index contributed by atoms with van der Waals surface area (Å²) in [6.45, 7) is 0.492. The van der Waals surface area contributed by atoms with E-state index in [9.17, 15) is 8.42 Å². The van der Waals surface area contributed by atoms with E-state index in [-0.39, 0.29) is 5.69 Å². The fourth-order valence-corrected chi connectivity index (χ4v) is 1.89. The lowest BCUT2D eigenvalue weighted by Gasteiger charge is -2.16. The van der Waals surface area contributed by atoms with Crippen LogP contribution in [0.5, 0.6) is 5.75 Å². The second-order valence-electron chi connectivity index (χ2n) is 3.14. The van der Waals surface area contributed by atoms with Gasteiger partial charge < -0.3 is 4.74 Å². The molecular weight excluding hydrogens is 220 g/mol. The Labute approximate surface area is 87.1 Å². The first-order chi connectivity index (χ1) is 7.00. The van der Waals surface area contributed by atoms with Crippen molar-refractivity contribution in [1.82, 2.24) is 0 Å². The summed E-state index contributed by atoms with van der Waals surface area (Å²) in [4.78, 5) is 0. The molecular formula is C8H10N2O4S. The first kappa shape index (κ1) is 10.2. The summed E-state index contributed by atoms with van der Waals surface area (Å²) in [6, 6.07) is 4.95. The van der Waals surface area contributed by atoms with E-state index in [0.29, 0.717) is 23.2 Å². The van der Waals surface area contributed by atoms with Crippen LogP contribution >= 0.6 is 0 Å². The van der Waals surface area contributed by atoms with Gasteiger partial charge in [0.25, 0.3) is 0 Å². The number of benzene rings is 1. The lowest BCUT2D eigenvalue weighted by atomic mass is 10.1. The third-order valence-corrected chi connectivity index (χ3v) is 2.87. The monoisotopic (exact) mass is 230 g/mol. The van der Waals surface area contributed by atoms with Crippen LogP contribution < -0.4 is 15.0 Å².